The average Bonchev–Trinajstić information content (AvgIpc) is 2.46. The molecule has 0 radical (unpaired) electrons. The highest BCUT2D eigenvalue weighted by atomic mass is 79.9. The summed E-state index contributed by atoms with van der Waals surface area (Å²) >= 11 is 3.37. The number of aryl methyl sites for hydroxylation is 1. The standard InChI is InChI=1S/C17H14BrFN2/c1-10-2-3-11-8-12(4-7-16(11)21-10)17(20)14-6-5-13(19)9-15(14)18/h2-9,17H,20H2,1H3. The van der Waals surface area contributed by atoms with E-state index in [9.17, 15) is 4.39 Å². The van der Waals surface area contributed by atoms with Gasteiger partial charge in [0, 0.05) is 15.6 Å². The molecule has 2 aromatic carbocycles. The van der Waals surface area contributed by atoms with Gasteiger partial charge in [-0.2, -0.15) is 0 Å². The van der Waals surface area contributed by atoms with Gasteiger partial charge in [-0.05, 0) is 48.4 Å². The van der Waals surface area contributed by atoms with Crippen LogP contribution in [-0.2, 0) is 0 Å². The molecule has 2 N–H and O–H groups in total. The zero-order chi connectivity index (χ0) is 15.0. The van der Waals surface area contributed by atoms with Crippen LogP contribution in [0.3, 0.4) is 0 Å². The van der Waals surface area contributed by atoms with Crippen LogP contribution in [0.25, 0.3) is 10.9 Å². The molecule has 3 aromatic rings. The summed E-state index contributed by atoms with van der Waals surface area (Å²) < 4.78 is 13.9. The summed E-state index contributed by atoms with van der Waals surface area (Å²) in [7, 11) is 0. The Hall–Kier alpha value is -1.78. The lowest BCUT2D eigenvalue weighted by atomic mass is 9.98. The SMILES string of the molecule is Cc1ccc2cc(C(N)c3ccc(F)cc3Br)ccc2n1. The van der Waals surface area contributed by atoms with Gasteiger partial charge >= 0.3 is 0 Å². The van der Waals surface area contributed by atoms with Gasteiger partial charge in [-0.25, -0.2) is 4.39 Å². The highest BCUT2D eigenvalue weighted by Gasteiger charge is 2.13. The van der Waals surface area contributed by atoms with E-state index >= 15 is 0 Å². The Bertz CT molecular complexity index is 817. The number of fused-ring (bicyclic) bond motifs is 1. The van der Waals surface area contributed by atoms with Crippen LogP contribution in [0.5, 0.6) is 0 Å². The molecule has 0 aliphatic heterocycles. The second kappa shape index (κ2) is 5.54. The van der Waals surface area contributed by atoms with Crippen LogP contribution in [0.4, 0.5) is 4.39 Å². The van der Waals surface area contributed by atoms with Crippen LogP contribution in [0.15, 0.2) is 53.0 Å². The zero-order valence-electron chi connectivity index (χ0n) is 11.5. The average molecular weight is 345 g/mol. The van der Waals surface area contributed by atoms with Gasteiger partial charge in [-0.3, -0.25) is 4.98 Å². The lowest BCUT2D eigenvalue weighted by molar-refractivity contribution is 0.625. The van der Waals surface area contributed by atoms with Crippen molar-refractivity contribution in [2.75, 3.05) is 0 Å². The molecule has 0 aliphatic carbocycles. The fraction of sp³-hybridized carbons (Fsp3) is 0.118. The molecule has 1 atom stereocenters. The van der Waals surface area contributed by atoms with E-state index in [1.165, 1.54) is 12.1 Å². The molecule has 0 saturated carbocycles. The summed E-state index contributed by atoms with van der Waals surface area (Å²) in [6.45, 7) is 1.97. The second-order valence-electron chi connectivity index (χ2n) is 5.05. The number of hydrogen-bond donors (Lipinski definition) is 1. The van der Waals surface area contributed by atoms with E-state index in [0.29, 0.717) is 4.47 Å². The van der Waals surface area contributed by atoms with Crippen LogP contribution in [0.1, 0.15) is 22.9 Å². The maximum absolute atomic E-state index is 13.2. The van der Waals surface area contributed by atoms with Crippen LogP contribution in [-0.4, -0.2) is 4.98 Å². The summed E-state index contributed by atoms with van der Waals surface area (Å²) in [5, 5.41) is 1.05. The van der Waals surface area contributed by atoms with Crippen LogP contribution in [0.2, 0.25) is 0 Å². The molecule has 3 rings (SSSR count). The van der Waals surface area contributed by atoms with Crippen molar-refractivity contribution in [3.8, 4) is 0 Å². The smallest absolute Gasteiger partial charge is 0.124 e. The van der Waals surface area contributed by atoms with Crippen molar-refractivity contribution in [2.45, 2.75) is 13.0 Å². The van der Waals surface area contributed by atoms with Crippen molar-refractivity contribution in [3.63, 3.8) is 0 Å². The molecule has 0 spiro atoms. The van der Waals surface area contributed by atoms with E-state index in [2.05, 4.69) is 20.9 Å². The summed E-state index contributed by atoms with van der Waals surface area (Å²) in [6.07, 6.45) is 0. The molecule has 0 saturated heterocycles. The molecular weight excluding hydrogens is 331 g/mol. The quantitative estimate of drug-likeness (QED) is 0.743. The molecule has 106 valence electrons. The Morgan fingerprint density at radius 3 is 2.67 bits per heavy atom. The molecular formula is C17H14BrFN2. The number of aromatic nitrogens is 1. The molecule has 0 bridgehead atoms. The maximum Gasteiger partial charge on any atom is 0.124 e. The van der Waals surface area contributed by atoms with Crippen molar-refractivity contribution >= 4 is 26.8 Å². The van der Waals surface area contributed by atoms with E-state index in [1.807, 2.05) is 37.3 Å². The number of hydrogen-bond acceptors (Lipinski definition) is 2. The van der Waals surface area contributed by atoms with Crippen molar-refractivity contribution in [2.24, 2.45) is 5.73 Å². The molecule has 0 aliphatic rings. The predicted molar refractivity (Wildman–Crippen MR) is 86.6 cm³/mol. The first-order valence-corrected chi connectivity index (χ1v) is 7.42. The number of pyridine rings is 1. The predicted octanol–water partition coefficient (Wildman–Crippen LogP) is 4.49. The Labute approximate surface area is 130 Å². The molecule has 4 heteroatoms. The lowest BCUT2D eigenvalue weighted by Gasteiger charge is -2.15. The minimum atomic E-state index is -0.314. The first-order chi connectivity index (χ1) is 10.0. The highest BCUT2D eigenvalue weighted by Crippen LogP contribution is 2.29. The normalized spacial score (nSPS) is 12.6. The molecule has 1 aromatic heterocycles. The van der Waals surface area contributed by atoms with Gasteiger partial charge in [0.1, 0.15) is 5.82 Å². The van der Waals surface area contributed by atoms with Gasteiger partial charge in [0.05, 0.1) is 11.6 Å². The third kappa shape index (κ3) is 2.82. The molecule has 1 unspecified atom stereocenters. The van der Waals surface area contributed by atoms with Crippen molar-refractivity contribution in [3.05, 3.63) is 75.6 Å². The monoisotopic (exact) mass is 344 g/mol. The minimum absolute atomic E-state index is 0.281. The lowest BCUT2D eigenvalue weighted by Crippen LogP contribution is -2.12. The van der Waals surface area contributed by atoms with Crippen LogP contribution in [0, 0.1) is 12.7 Å². The molecule has 0 amide bonds. The van der Waals surface area contributed by atoms with E-state index in [4.69, 9.17) is 5.73 Å². The van der Waals surface area contributed by atoms with Crippen molar-refractivity contribution in [1.29, 1.82) is 0 Å². The third-order valence-electron chi connectivity index (χ3n) is 3.51. The number of benzene rings is 2. The molecule has 2 nitrogen and oxygen atoms in total. The summed E-state index contributed by atoms with van der Waals surface area (Å²) in [4.78, 5) is 4.48. The van der Waals surface area contributed by atoms with Gasteiger partial charge in [0.15, 0.2) is 0 Å². The Kier molecular flexibility index (Phi) is 3.74. The van der Waals surface area contributed by atoms with E-state index in [-0.39, 0.29) is 11.9 Å². The summed E-state index contributed by atoms with van der Waals surface area (Å²) in [5.41, 5.74) is 10.1. The number of rotatable bonds is 2. The van der Waals surface area contributed by atoms with Crippen LogP contribution < -0.4 is 5.73 Å². The number of halogens is 2. The van der Waals surface area contributed by atoms with E-state index in [1.54, 1.807) is 6.07 Å². The van der Waals surface area contributed by atoms with Crippen molar-refractivity contribution in [1.82, 2.24) is 4.98 Å². The molecule has 1 heterocycles. The largest absolute Gasteiger partial charge is 0.320 e. The fourth-order valence-corrected chi connectivity index (χ4v) is 2.97. The van der Waals surface area contributed by atoms with E-state index in [0.717, 1.165) is 27.7 Å². The maximum atomic E-state index is 13.2. The fourth-order valence-electron chi connectivity index (χ4n) is 2.37. The zero-order valence-corrected chi connectivity index (χ0v) is 13.1. The van der Waals surface area contributed by atoms with E-state index < -0.39 is 0 Å². The topological polar surface area (TPSA) is 38.9 Å². The van der Waals surface area contributed by atoms with Gasteiger partial charge in [0.2, 0.25) is 0 Å². The minimum Gasteiger partial charge on any atom is -0.320 e. The van der Waals surface area contributed by atoms with Gasteiger partial charge < -0.3 is 5.73 Å². The number of nitrogens with two attached hydrogens (primary N) is 1. The van der Waals surface area contributed by atoms with Crippen molar-refractivity contribution < 1.29 is 4.39 Å². The molecule has 21 heavy (non-hydrogen) atoms. The number of nitrogens with zero attached hydrogens (tertiary/aromatic N) is 1. The Morgan fingerprint density at radius 1 is 1.10 bits per heavy atom. The second-order valence-corrected chi connectivity index (χ2v) is 5.90. The Balaban J connectivity index is 2.04. The Morgan fingerprint density at radius 2 is 1.90 bits per heavy atom. The van der Waals surface area contributed by atoms with Gasteiger partial charge in [0.25, 0.3) is 0 Å². The van der Waals surface area contributed by atoms with Gasteiger partial charge in [-0.1, -0.05) is 34.1 Å². The third-order valence-corrected chi connectivity index (χ3v) is 4.20. The summed E-state index contributed by atoms with van der Waals surface area (Å²) in [5.74, 6) is -0.281. The molecule has 0 fully saturated rings. The summed E-state index contributed by atoms with van der Waals surface area (Å²) in [6, 6.07) is 14.2. The van der Waals surface area contributed by atoms with Crippen LogP contribution >= 0.6 is 15.9 Å². The highest BCUT2D eigenvalue weighted by molar-refractivity contribution is 9.10. The first kappa shape index (κ1) is 14.2. The first-order valence-electron chi connectivity index (χ1n) is 6.62. The van der Waals surface area contributed by atoms with Gasteiger partial charge in [-0.15, -0.1) is 0 Å².